The van der Waals surface area contributed by atoms with Gasteiger partial charge in [-0.1, -0.05) is 31.2 Å². The highest BCUT2D eigenvalue weighted by Gasteiger charge is 2.17. The first-order valence-corrected chi connectivity index (χ1v) is 7.93. The van der Waals surface area contributed by atoms with Crippen LogP contribution in [0.2, 0.25) is 0 Å². The SMILES string of the molecule is CCc1ccc(NS(=O)(=O)c2ccccc2NC)cc1. The van der Waals surface area contributed by atoms with Crippen molar-refractivity contribution in [2.24, 2.45) is 0 Å². The molecule has 2 aromatic rings. The molecule has 0 spiro atoms. The Morgan fingerprint density at radius 1 is 1.00 bits per heavy atom. The zero-order valence-electron chi connectivity index (χ0n) is 11.6. The van der Waals surface area contributed by atoms with Gasteiger partial charge in [0.2, 0.25) is 0 Å². The van der Waals surface area contributed by atoms with Gasteiger partial charge >= 0.3 is 0 Å². The maximum Gasteiger partial charge on any atom is 0.263 e. The fourth-order valence-electron chi connectivity index (χ4n) is 1.93. The van der Waals surface area contributed by atoms with Gasteiger partial charge in [-0.3, -0.25) is 4.72 Å². The van der Waals surface area contributed by atoms with Gasteiger partial charge in [0.1, 0.15) is 4.90 Å². The average molecular weight is 290 g/mol. The van der Waals surface area contributed by atoms with Crippen LogP contribution in [-0.4, -0.2) is 15.5 Å². The maximum atomic E-state index is 12.4. The first-order valence-electron chi connectivity index (χ1n) is 6.45. The lowest BCUT2D eigenvalue weighted by Gasteiger charge is -2.12. The van der Waals surface area contributed by atoms with Crippen molar-refractivity contribution in [1.29, 1.82) is 0 Å². The lowest BCUT2D eigenvalue weighted by molar-refractivity contribution is 0.601. The molecule has 0 unspecified atom stereocenters. The zero-order valence-corrected chi connectivity index (χ0v) is 12.4. The van der Waals surface area contributed by atoms with E-state index in [0.717, 1.165) is 6.42 Å². The van der Waals surface area contributed by atoms with E-state index in [0.29, 0.717) is 11.4 Å². The summed E-state index contributed by atoms with van der Waals surface area (Å²) in [7, 11) is -1.89. The van der Waals surface area contributed by atoms with E-state index in [4.69, 9.17) is 0 Å². The minimum absolute atomic E-state index is 0.238. The molecule has 0 radical (unpaired) electrons. The van der Waals surface area contributed by atoms with Crippen LogP contribution in [0, 0.1) is 0 Å². The minimum Gasteiger partial charge on any atom is -0.387 e. The molecule has 0 amide bonds. The van der Waals surface area contributed by atoms with E-state index in [1.807, 2.05) is 12.1 Å². The fraction of sp³-hybridized carbons (Fsp3) is 0.200. The summed E-state index contributed by atoms with van der Waals surface area (Å²) in [5, 5.41) is 2.89. The van der Waals surface area contributed by atoms with Crippen LogP contribution in [0.3, 0.4) is 0 Å². The summed E-state index contributed by atoms with van der Waals surface area (Å²) >= 11 is 0. The molecule has 0 aliphatic carbocycles. The zero-order chi connectivity index (χ0) is 14.6. The fourth-order valence-corrected chi connectivity index (χ4v) is 3.20. The van der Waals surface area contributed by atoms with E-state index in [-0.39, 0.29) is 4.90 Å². The first kappa shape index (κ1) is 14.4. The Morgan fingerprint density at radius 2 is 1.65 bits per heavy atom. The van der Waals surface area contributed by atoms with Crippen molar-refractivity contribution in [2.45, 2.75) is 18.2 Å². The Bertz CT molecular complexity index is 679. The number of para-hydroxylation sites is 1. The third-order valence-corrected chi connectivity index (χ3v) is 4.50. The summed E-state index contributed by atoms with van der Waals surface area (Å²) in [6.45, 7) is 2.06. The molecule has 2 aromatic carbocycles. The Morgan fingerprint density at radius 3 is 2.25 bits per heavy atom. The van der Waals surface area contributed by atoms with Gasteiger partial charge in [-0.05, 0) is 36.2 Å². The van der Waals surface area contributed by atoms with Crippen LogP contribution in [0.4, 0.5) is 11.4 Å². The maximum absolute atomic E-state index is 12.4. The first-order chi connectivity index (χ1) is 9.56. The number of sulfonamides is 1. The monoisotopic (exact) mass is 290 g/mol. The van der Waals surface area contributed by atoms with Crippen LogP contribution in [0.25, 0.3) is 0 Å². The number of benzene rings is 2. The molecule has 0 bridgehead atoms. The molecule has 2 rings (SSSR count). The molecule has 5 heteroatoms. The standard InChI is InChI=1S/C15H18N2O2S/c1-3-12-8-10-13(11-9-12)17-20(18,19)15-7-5-4-6-14(15)16-2/h4-11,16-17H,3H2,1-2H3. The van der Waals surface area contributed by atoms with Gasteiger partial charge in [-0.15, -0.1) is 0 Å². The van der Waals surface area contributed by atoms with Crippen LogP contribution in [0.15, 0.2) is 53.4 Å². The predicted molar refractivity (Wildman–Crippen MR) is 82.6 cm³/mol. The Balaban J connectivity index is 2.30. The molecule has 4 nitrogen and oxygen atoms in total. The van der Waals surface area contributed by atoms with E-state index in [1.54, 1.807) is 43.4 Å². The summed E-state index contributed by atoms with van der Waals surface area (Å²) in [6.07, 6.45) is 0.926. The van der Waals surface area contributed by atoms with Crippen LogP contribution < -0.4 is 10.0 Å². The highest BCUT2D eigenvalue weighted by molar-refractivity contribution is 7.92. The van der Waals surface area contributed by atoms with E-state index >= 15 is 0 Å². The van der Waals surface area contributed by atoms with Gasteiger partial charge in [0.15, 0.2) is 0 Å². The van der Waals surface area contributed by atoms with E-state index in [1.165, 1.54) is 5.56 Å². The molecule has 106 valence electrons. The van der Waals surface area contributed by atoms with Crippen LogP contribution in [-0.2, 0) is 16.4 Å². The lowest BCUT2D eigenvalue weighted by Crippen LogP contribution is -2.14. The number of nitrogens with one attached hydrogen (secondary N) is 2. The summed E-state index contributed by atoms with van der Waals surface area (Å²) in [4.78, 5) is 0.238. The van der Waals surface area contributed by atoms with E-state index in [9.17, 15) is 8.42 Å². The number of hydrogen-bond acceptors (Lipinski definition) is 3. The van der Waals surface area contributed by atoms with E-state index in [2.05, 4.69) is 17.0 Å². The molecule has 0 aliphatic heterocycles. The van der Waals surface area contributed by atoms with Gasteiger partial charge < -0.3 is 5.32 Å². The molecule has 0 heterocycles. The molecule has 2 N–H and O–H groups in total. The quantitative estimate of drug-likeness (QED) is 0.889. The smallest absolute Gasteiger partial charge is 0.263 e. The largest absolute Gasteiger partial charge is 0.387 e. The minimum atomic E-state index is -3.59. The number of rotatable bonds is 5. The van der Waals surface area contributed by atoms with Crippen LogP contribution in [0.5, 0.6) is 0 Å². The number of hydrogen-bond donors (Lipinski definition) is 2. The Labute approximate surface area is 119 Å². The number of aryl methyl sites for hydroxylation is 1. The van der Waals surface area contributed by atoms with Gasteiger partial charge in [0, 0.05) is 12.7 Å². The lowest BCUT2D eigenvalue weighted by atomic mass is 10.2. The van der Waals surface area contributed by atoms with Crippen molar-refractivity contribution in [3.8, 4) is 0 Å². The summed E-state index contributed by atoms with van der Waals surface area (Å²) in [6, 6.07) is 14.2. The van der Waals surface area contributed by atoms with Crippen molar-refractivity contribution in [1.82, 2.24) is 0 Å². The van der Waals surface area contributed by atoms with Crippen LogP contribution >= 0.6 is 0 Å². The predicted octanol–water partition coefficient (Wildman–Crippen LogP) is 3.09. The molecule has 0 atom stereocenters. The highest BCUT2D eigenvalue weighted by Crippen LogP contribution is 2.23. The molecule has 0 saturated carbocycles. The van der Waals surface area contributed by atoms with Crippen molar-refractivity contribution in [3.05, 3.63) is 54.1 Å². The van der Waals surface area contributed by atoms with Gasteiger partial charge in [-0.2, -0.15) is 0 Å². The van der Waals surface area contributed by atoms with Gasteiger partial charge in [-0.25, -0.2) is 8.42 Å². The molecular weight excluding hydrogens is 272 g/mol. The second-order valence-corrected chi connectivity index (χ2v) is 6.05. The Hall–Kier alpha value is -2.01. The van der Waals surface area contributed by atoms with Crippen molar-refractivity contribution < 1.29 is 8.42 Å². The van der Waals surface area contributed by atoms with Crippen molar-refractivity contribution in [2.75, 3.05) is 17.1 Å². The normalized spacial score (nSPS) is 11.1. The Kier molecular flexibility index (Phi) is 4.29. The van der Waals surface area contributed by atoms with Crippen LogP contribution in [0.1, 0.15) is 12.5 Å². The average Bonchev–Trinajstić information content (AvgIpc) is 2.47. The number of anilines is 2. The topological polar surface area (TPSA) is 58.2 Å². The van der Waals surface area contributed by atoms with Gasteiger partial charge in [0.25, 0.3) is 10.0 Å². The second-order valence-electron chi connectivity index (χ2n) is 4.40. The highest BCUT2D eigenvalue weighted by atomic mass is 32.2. The third kappa shape index (κ3) is 3.11. The molecule has 0 aliphatic rings. The molecule has 0 fully saturated rings. The molecule has 20 heavy (non-hydrogen) atoms. The van der Waals surface area contributed by atoms with Crippen molar-refractivity contribution in [3.63, 3.8) is 0 Å². The van der Waals surface area contributed by atoms with Gasteiger partial charge in [0.05, 0.1) is 5.69 Å². The third-order valence-electron chi connectivity index (χ3n) is 3.06. The summed E-state index contributed by atoms with van der Waals surface area (Å²) in [5.41, 5.74) is 2.31. The summed E-state index contributed by atoms with van der Waals surface area (Å²) in [5.74, 6) is 0. The van der Waals surface area contributed by atoms with E-state index < -0.39 is 10.0 Å². The van der Waals surface area contributed by atoms with Crippen molar-refractivity contribution >= 4 is 21.4 Å². The second kappa shape index (κ2) is 5.96. The molecule has 0 aromatic heterocycles. The molecule has 0 saturated heterocycles. The molecular formula is C15H18N2O2S. The summed E-state index contributed by atoms with van der Waals surface area (Å²) < 4.78 is 27.4.